The number of para-hydroxylation sites is 3. The highest BCUT2D eigenvalue weighted by Crippen LogP contribution is 2.29. The number of nitrogens with zero attached hydrogens (tertiary/aromatic N) is 3. The third kappa shape index (κ3) is 3.31. The molecule has 1 aromatic heterocycles. The van der Waals surface area contributed by atoms with Crippen LogP contribution in [0.25, 0.3) is 11.0 Å². The van der Waals surface area contributed by atoms with Crippen molar-refractivity contribution in [2.75, 3.05) is 31.1 Å². The summed E-state index contributed by atoms with van der Waals surface area (Å²) in [5.41, 5.74) is 4.55. The minimum atomic E-state index is 0.231. The molecule has 2 aromatic carbocycles. The van der Waals surface area contributed by atoms with Gasteiger partial charge in [-0.25, -0.2) is 4.98 Å². The lowest BCUT2D eigenvalue weighted by atomic mass is 9.96. The van der Waals surface area contributed by atoms with Gasteiger partial charge in [-0.1, -0.05) is 30.3 Å². The van der Waals surface area contributed by atoms with Gasteiger partial charge < -0.3 is 9.88 Å². The SMILES string of the molecule is O=C(CN1CCC(c2nc3ccccc3[nH]2)CC1)N1CCCc2ccccc21. The van der Waals surface area contributed by atoms with Crippen LogP contribution in [0.5, 0.6) is 0 Å². The van der Waals surface area contributed by atoms with Crippen molar-refractivity contribution in [3.05, 3.63) is 59.9 Å². The molecule has 144 valence electrons. The van der Waals surface area contributed by atoms with Crippen LogP contribution in [0.3, 0.4) is 0 Å². The van der Waals surface area contributed by atoms with Gasteiger partial charge in [0.05, 0.1) is 17.6 Å². The molecule has 0 spiro atoms. The average molecular weight is 374 g/mol. The Morgan fingerprint density at radius 2 is 1.82 bits per heavy atom. The number of carbonyl (C=O) groups is 1. The van der Waals surface area contributed by atoms with Gasteiger partial charge in [0, 0.05) is 18.2 Å². The number of carbonyl (C=O) groups excluding carboxylic acids is 1. The van der Waals surface area contributed by atoms with Crippen LogP contribution in [0.15, 0.2) is 48.5 Å². The van der Waals surface area contributed by atoms with Crippen LogP contribution in [0.1, 0.15) is 36.6 Å². The molecule has 2 aliphatic rings. The molecule has 0 bridgehead atoms. The molecule has 1 amide bonds. The normalized spacial score (nSPS) is 18.4. The summed E-state index contributed by atoms with van der Waals surface area (Å²) >= 11 is 0. The molecule has 5 nitrogen and oxygen atoms in total. The molecule has 0 unspecified atom stereocenters. The monoisotopic (exact) mass is 374 g/mol. The van der Waals surface area contributed by atoms with Crippen molar-refractivity contribution in [1.82, 2.24) is 14.9 Å². The van der Waals surface area contributed by atoms with Crippen LogP contribution in [0.4, 0.5) is 5.69 Å². The fourth-order valence-corrected chi connectivity index (χ4v) is 4.60. The molecule has 28 heavy (non-hydrogen) atoms. The van der Waals surface area contributed by atoms with Crippen LogP contribution >= 0.6 is 0 Å². The van der Waals surface area contributed by atoms with Crippen molar-refractivity contribution in [1.29, 1.82) is 0 Å². The van der Waals surface area contributed by atoms with E-state index in [-0.39, 0.29) is 5.91 Å². The fourth-order valence-electron chi connectivity index (χ4n) is 4.60. The minimum Gasteiger partial charge on any atom is -0.342 e. The number of amides is 1. The molecule has 2 aliphatic heterocycles. The molecule has 3 heterocycles. The summed E-state index contributed by atoms with van der Waals surface area (Å²) in [5, 5.41) is 0. The van der Waals surface area contributed by atoms with E-state index in [2.05, 4.69) is 40.2 Å². The molecule has 1 fully saturated rings. The smallest absolute Gasteiger partial charge is 0.241 e. The number of aromatic nitrogens is 2. The maximum absolute atomic E-state index is 13.0. The Morgan fingerprint density at radius 3 is 2.68 bits per heavy atom. The van der Waals surface area contributed by atoms with Crippen molar-refractivity contribution in [2.24, 2.45) is 0 Å². The lowest BCUT2D eigenvalue weighted by molar-refractivity contribution is -0.120. The number of benzene rings is 2. The summed E-state index contributed by atoms with van der Waals surface area (Å²) in [6.45, 7) is 3.25. The first kappa shape index (κ1) is 17.4. The first-order chi connectivity index (χ1) is 13.8. The Balaban J connectivity index is 1.21. The standard InChI is InChI=1S/C23H26N4O/c28-22(27-13-5-7-17-6-1-4-10-21(17)27)16-26-14-11-18(12-15-26)23-24-19-8-2-3-9-20(19)25-23/h1-4,6,8-10,18H,5,7,11-16H2,(H,24,25). The topological polar surface area (TPSA) is 52.2 Å². The van der Waals surface area contributed by atoms with E-state index in [1.54, 1.807) is 0 Å². The molecule has 1 saturated heterocycles. The van der Waals surface area contributed by atoms with Crippen LogP contribution in [-0.4, -0.2) is 47.0 Å². The van der Waals surface area contributed by atoms with Crippen LogP contribution in [0, 0.1) is 0 Å². The Kier molecular flexibility index (Phi) is 4.61. The number of likely N-dealkylation sites (tertiary alicyclic amines) is 1. The van der Waals surface area contributed by atoms with Crippen LogP contribution in [-0.2, 0) is 11.2 Å². The summed E-state index contributed by atoms with van der Waals surface area (Å²) in [4.78, 5) is 25.5. The zero-order chi connectivity index (χ0) is 18.9. The van der Waals surface area contributed by atoms with E-state index >= 15 is 0 Å². The van der Waals surface area contributed by atoms with E-state index in [4.69, 9.17) is 4.98 Å². The van der Waals surface area contributed by atoms with Gasteiger partial charge in [0.2, 0.25) is 5.91 Å². The molecule has 3 aromatic rings. The molecule has 5 heteroatoms. The molecular formula is C23H26N4O. The van der Waals surface area contributed by atoms with Crippen LogP contribution in [0.2, 0.25) is 0 Å². The number of aryl methyl sites for hydroxylation is 1. The van der Waals surface area contributed by atoms with E-state index in [1.165, 1.54) is 5.56 Å². The van der Waals surface area contributed by atoms with Gasteiger partial charge in [-0.15, -0.1) is 0 Å². The number of piperidine rings is 1. The summed E-state index contributed by atoms with van der Waals surface area (Å²) in [5.74, 6) is 1.78. The molecule has 0 aliphatic carbocycles. The van der Waals surface area contributed by atoms with E-state index in [9.17, 15) is 4.79 Å². The number of fused-ring (bicyclic) bond motifs is 2. The highest BCUT2D eigenvalue weighted by atomic mass is 16.2. The predicted octanol–water partition coefficient (Wildman–Crippen LogP) is 3.72. The third-order valence-corrected chi connectivity index (χ3v) is 6.15. The van der Waals surface area contributed by atoms with Gasteiger partial charge in [0.15, 0.2) is 0 Å². The summed E-state index contributed by atoms with van der Waals surface area (Å²) in [6, 6.07) is 16.5. The third-order valence-electron chi connectivity index (χ3n) is 6.15. The summed E-state index contributed by atoms with van der Waals surface area (Å²) in [7, 11) is 0. The minimum absolute atomic E-state index is 0.231. The van der Waals surface area contributed by atoms with Crippen molar-refractivity contribution in [3.63, 3.8) is 0 Å². The number of rotatable bonds is 3. The van der Waals surface area contributed by atoms with E-state index in [0.29, 0.717) is 12.5 Å². The molecular weight excluding hydrogens is 348 g/mol. The second-order valence-corrected chi connectivity index (χ2v) is 7.97. The van der Waals surface area contributed by atoms with Gasteiger partial charge in [-0.3, -0.25) is 9.69 Å². The van der Waals surface area contributed by atoms with Crippen molar-refractivity contribution in [2.45, 2.75) is 31.6 Å². The van der Waals surface area contributed by atoms with Gasteiger partial charge in [0.1, 0.15) is 5.82 Å². The van der Waals surface area contributed by atoms with E-state index < -0.39 is 0 Å². The molecule has 0 atom stereocenters. The van der Waals surface area contributed by atoms with Gasteiger partial charge >= 0.3 is 0 Å². The quantitative estimate of drug-likeness (QED) is 0.760. The Bertz CT molecular complexity index is 954. The number of aromatic amines is 1. The fraction of sp³-hybridized carbons (Fsp3) is 0.391. The number of anilines is 1. The van der Waals surface area contributed by atoms with Crippen molar-refractivity contribution < 1.29 is 4.79 Å². The second kappa shape index (κ2) is 7.40. The van der Waals surface area contributed by atoms with E-state index in [0.717, 1.165) is 67.9 Å². The predicted molar refractivity (Wildman–Crippen MR) is 112 cm³/mol. The lowest BCUT2D eigenvalue weighted by Crippen LogP contribution is -2.45. The first-order valence-corrected chi connectivity index (χ1v) is 10.3. The molecule has 5 rings (SSSR count). The maximum Gasteiger partial charge on any atom is 0.241 e. The second-order valence-electron chi connectivity index (χ2n) is 7.97. The van der Waals surface area contributed by atoms with Gasteiger partial charge in [-0.2, -0.15) is 0 Å². The average Bonchev–Trinajstić information content (AvgIpc) is 3.18. The van der Waals surface area contributed by atoms with Crippen LogP contribution < -0.4 is 4.90 Å². The highest BCUT2D eigenvalue weighted by Gasteiger charge is 2.27. The number of hydrogen-bond donors (Lipinski definition) is 1. The Labute approximate surface area is 165 Å². The summed E-state index contributed by atoms with van der Waals surface area (Å²) in [6.07, 6.45) is 4.22. The van der Waals surface area contributed by atoms with Gasteiger partial charge in [-0.05, 0) is 62.5 Å². The van der Waals surface area contributed by atoms with Crippen molar-refractivity contribution in [3.8, 4) is 0 Å². The number of nitrogens with one attached hydrogen (secondary N) is 1. The molecule has 1 N–H and O–H groups in total. The Morgan fingerprint density at radius 1 is 1.04 bits per heavy atom. The molecule has 0 saturated carbocycles. The molecule has 0 radical (unpaired) electrons. The lowest BCUT2D eigenvalue weighted by Gasteiger charge is -2.34. The zero-order valence-corrected chi connectivity index (χ0v) is 16.1. The zero-order valence-electron chi connectivity index (χ0n) is 16.1. The highest BCUT2D eigenvalue weighted by molar-refractivity contribution is 5.96. The largest absolute Gasteiger partial charge is 0.342 e. The number of hydrogen-bond acceptors (Lipinski definition) is 3. The Hall–Kier alpha value is -2.66. The maximum atomic E-state index is 13.0. The van der Waals surface area contributed by atoms with Crippen molar-refractivity contribution >= 4 is 22.6 Å². The number of imidazole rings is 1. The first-order valence-electron chi connectivity index (χ1n) is 10.3. The number of H-pyrrole nitrogens is 1. The summed E-state index contributed by atoms with van der Waals surface area (Å²) < 4.78 is 0. The van der Waals surface area contributed by atoms with E-state index in [1.807, 2.05) is 23.1 Å². The van der Waals surface area contributed by atoms with Gasteiger partial charge in [0.25, 0.3) is 0 Å².